The second-order valence-corrected chi connectivity index (χ2v) is 8.35. The summed E-state index contributed by atoms with van der Waals surface area (Å²) in [6, 6.07) is 10.2. The molecule has 0 radical (unpaired) electrons. The van der Waals surface area contributed by atoms with Gasteiger partial charge in [0.2, 0.25) is 5.79 Å². The van der Waals surface area contributed by atoms with Gasteiger partial charge in [0.05, 0.1) is 6.61 Å². The molecule has 36 heavy (non-hydrogen) atoms. The molecule has 2 aromatic carbocycles. The number of aliphatic hydroxyl groups is 2. The zero-order chi connectivity index (χ0) is 26.9. The molecule has 9 nitrogen and oxygen atoms in total. The lowest BCUT2D eigenvalue weighted by molar-refractivity contribution is -0.220. The number of hydrazine groups is 1. The third-order valence-electron chi connectivity index (χ3n) is 5.66. The number of benzene rings is 2. The maximum atomic E-state index is 12.9. The van der Waals surface area contributed by atoms with Crippen molar-refractivity contribution in [2.24, 2.45) is 17.3 Å². The van der Waals surface area contributed by atoms with E-state index in [0.717, 1.165) is 12.0 Å². The molecule has 1 amide bonds. The lowest BCUT2D eigenvalue weighted by atomic mass is 9.88. The van der Waals surface area contributed by atoms with Crippen LogP contribution < -0.4 is 17.3 Å². The fourth-order valence-corrected chi connectivity index (χ4v) is 3.50. The number of hydrogen-bond acceptors (Lipinski definition) is 8. The zero-order valence-corrected chi connectivity index (χ0v) is 19.5. The first kappa shape index (κ1) is 29.2. The molecular formula is C24H31F3N4O5. The van der Waals surface area contributed by atoms with Crippen molar-refractivity contribution in [3.8, 4) is 0 Å². The van der Waals surface area contributed by atoms with E-state index in [0.29, 0.717) is 23.4 Å². The summed E-state index contributed by atoms with van der Waals surface area (Å²) < 4.78 is 43.9. The molecule has 198 valence electrons. The van der Waals surface area contributed by atoms with E-state index in [-0.39, 0.29) is 13.0 Å². The molecular weight excluding hydrogens is 481 g/mol. The molecule has 0 saturated carbocycles. The second-order valence-electron chi connectivity index (χ2n) is 8.35. The number of nitrogens with two attached hydrogens (primary N) is 3. The van der Waals surface area contributed by atoms with Crippen LogP contribution in [0, 0.1) is 0 Å². The van der Waals surface area contributed by atoms with E-state index in [2.05, 4.69) is 0 Å². The Kier molecular flexibility index (Phi) is 10.4. The van der Waals surface area contributed by atoms with Crippen LogP contribution in [-0.4, -0.2) is 63.8 Å². The number of nitrogens with zero attached hydrogens (tertiary/aromatic N) is 1. The fraction of sp³-hybridized carbons (Fsp3) is 0.417. The van der Waals surface area contributed by atoms with Gasteiger partial charge in [-0.1, -0.05) is 60.7 Å². The Hall–Kier alpha value is -3.03. The van der Waals surface area contributed by atoms with Gasteiger partial charge in [0.15, 0.2) is 11.8 Å². The van der Waals surface area contributed by atoms with Crippen molar-refractivity contribution in [2.45, 2.75) is 55.8 Å². The standard InChI is InChI=1S/C24H31F3N4O5/c25-24(26,27)21(29)19(32)20(28)23(34,35)18(15-17-12-5-2-6-13-17)31(30)22(33)36-14-8-7-11-16-9-3-1-4-10-16/h1-6,9-10,12-13,18,20-21,34-35H,7-8,11,14-15,28-30H2. The highest BCUT2D eigenvalue weighted by molar-refractivity contribution is 5.90. The average molecular weight is 513 g/mol. The van der Waals surface area contributed by atoms with Gasteiger partial charge in [-0.05, 0) is 36.8 Å². The Balaban J connectivity index is 2.11. The number of ether oxygens (including phenoxy) is 1. The number of Topliss-reactive ketones (excluding diaryl/α,β-unsaturated/α-hetero) is 1. The minimum Gasteiger partial charge on any atom is -0.448 e. The van der Waals surface area contributed by atoms with Crippen LogP contribution in [0.25, 0.3) is 0 Å². The summed E-state index contributed by atoms with van der Waals surface area (Å²) in [4.78, 5) is 24.7. The van der Waals surface area contributed by atoms with Crippen LogP contribution in [0.2, 0.25) is 0 Å². The summed E-state index contributed by atoms with van der Waals surface area (Å²) in [7, 11) is 0. The Morgan fingerprint density at radius 2 is 1.42 bits per heavy atom. The highest BCUT2D eigenvalue weighted by atomic mass is 19.4. The van der Waals surface area contributed by atoms with Crippen molar-refractivity contribution in [1.82, 2.24) is 5.01 Å². The Morgan fingerprint density at radius 3 is 1.94 bits per heavy atom. The van der Waals surface area contributed by atoms with Gasteiger partial charge >= 0.3 is 12.3 Å². The summed E-state index contributed by atoms with van der Waals surface area (Å²) in [5.74, 6) is 0.560. The number of carbonyl (C=O) groups is 2. The molecule has 0 aliphatic heterocycles. The maximum Gasteiger partial charge on any atom is 0.424 e. The Labute approximate surface area is 206 Å². The molecule has 8 N–H and O–H groups in total. The number of carbonyl (C=O) groups excluding carboxylic acids is 2. The SMILES string of the molecule is NC(C(=O)C(N)C(O)(O)C(Cc1ccccc1)N(N)C(=O)OCCCCc1ccccc1)C(F)(F)F. The molecule has 0 aliphatic rings. The third kappa shape index (κ3) is 8.00. The van der Waals surface area contributed by atoms with Gasteiger partial charge < -0.3 is 26.4 Å². The quantitative estimate of drug-likeness (QED) is 0.0936. The first-order chi connectivity index (χ1) is 16.9. The van der Waals surface area contributed by atoms with Crippen LogP contribution in [-0.2, 0) is 22.4 Å². The van der Waals surface area contributed by atoms with E-state index in [9.17, 15) is 33.0 Å². The fourth-order valence-electron chi connectivity index (χ4n) is 3.50. The van der Waals surface area contributed by atoms with Crippen molar-refractivity contribution in [2.75, 3.05) is 6.61 Å². The molecule has 2 rings (SSSR count). The molecule has 2 aromatic rings. The number of rotatable bonds is 12. The number of unbranched alkanes of at least 4 members (excludes halogenated alkanes) is 1. The third-order valence-corrected chi connectivity index (χ3v) is 5.66. The van der Waals surface area contributed by atoms with Gasteiger partial charge in [-0.25, -0.2) is 15.6 Å². The maximum absolute atomic E-state index is 12.9. The number of hydrogen-bond donors (Lipinski definition) is 5. The number of aryl methyl sites for hydroxylation is 1. The molecule has 0 spiro atoms. The van der Waals surface area contributed by atoms with Gasteiger partial charge in [-0.2, -0.15) is 13.2 Å². The van der Waals surface area contributed by atoms with Crippen LogP contribution in [0.15, 0.2) is 60.7 Å². The Morgan fingerprint density at radius 1 is 0.889 bits per heavy atom. The van der Waals surface area contributed by atoms with Crippen molar-refractivity contribution in [3.63, 3.8) is 0 Å². The topological polar surface area (TPSA) is 165 Å². The Bertz CT molecular complexity index is 977. The molecule has 0 aliphatic carbocycles. The number of ketones is 1. The van der Waals surface area contributed by atoms with E-state index >= 15 is 0 Å². The zero-order valence-electron chi connectivity index (χ0n) is 19.5. The summed E-state index contributed by atoms with van der Waals surface area (Å²) in [6.45, 7) is -0.0504. The van der Waals surface area contributed by atoms with Gasteiger partial charge in [-0.3, -0.25) is 4.79 Å². The van der Waals surface area contributed by atoms with E-state index in [1.54, 1.807) is 30.3 Å². The highest BCUT2D eigenvalue weighted by Crippen LogP contribution is 2.25. The largest absolute Gasteiger partial charge is 0.448 e. The number of halogens is 3. The minimum atomic E-state index is -5.17. The minimum absolute atomic E-state index is 0.0504. The molecule has 3 unspecified atom stereocenters. The van der Waals surface area contributed by atoms with E-state index < -0.39 is 42.0 Å². The van der Waals surface area contributed by atoms with Crippen LogP contribution in [0.1, 0.15) is 24.0 Å². The summed E-state index contributed by atoms with van der Waals surface area (Å²) >= 11 is 0. The van der Waals surface area contributed by atoms with Crippen LogP contribution in [0.5, 0.6) is 0 Å². The van der Waals surface area contributed by atoms with Gasteiger partial charge in [-0.15, -0.1) is 0 Å². The summed E-state index contributed by atoms with van der Waals surface area (Å²) in [5.41, 5.74) is 12.0. The van der Waals surface area contributed by atoms with Crippen LogP contribution in [0.3, 0.4) is 0 Å². The van der Waals surface area contributed by atoms with E-state index in [4.69, 9.17) is 22.0 Å². The molecule has 0 aromatic heterocycles. The summed E-state index contributed by atoms with van der Waals surface area (Å²) in [6.07, 6.45) is -4.80. The van der Waals surface area contributed by atoms with Crippen LogP contribution in [0.4, 0.5) is 18.0 Å². The van der Waals surface area contributed by atoms with Crippen molar-refractivity contribution < 1.29 is 37.7 Å². The first-order valence-corrected chi connectivity index (χ1v) is 11.2. The van der Waals surface area contributed by atoms with Crippen molar-refractivity contribution >= 4 is 11.9 Å². The highest BCUT2D eigenvalue weighted by Gasteiger charge is 2.53. The van der Waals surface area contributed by atoms with Crippen molar-refractivity contribution in [1.29, 1.82) is 0 Å². The van der Waals surface area contributed by atoms with E-state index in [1.807, 2.05) is 30.3 Å². The second kappa shape index (κ2) is 12.8. The number of amides is 1. The first-order valence-electron chi connectivity index (χ1n) is 11.2. The lowest BCUT2D eigenvalue weighted by Crippen LogP contribution is -2.69. The molecule has 0 bridgehead atoms. The lowest BCUT2D eigenvalue weighted by Gasteiger charge is -2.39. The predicted molar refractivity (Wildman–Crippen MR) is 125 cm³/mol. The molecule has 3 atom stereocenters. The van der Waals surface area contributed by atoms with Crippen molar-refractivity contribution in [3.05, 3.63) is 71.8 Å². The van der Waals surface area contributed by atoms with Gasteiger partial charge in [0, 0.05) is 0 Å². The molecule has 0 fully saturated rings. The van der Waals surface area contributed by atoms with Gasteiger partial charge in [0.25, 0.3) is 0 Å². The molecule has 0 saturated heterocycles. The average Bonchev–Trinajstić information content (AvgIpc) is 2.85. The number of alkyl halides is 3. The normalized spacial score (nSPS) is 14.6. The molecule has 12 heteroatoms. The monoisotopic (exact) mass is 512 g/mol. The predicted octanol–water partition coefficient (Wildman–Crippen LogP) is 1.40. The van der Waals surface area contributed by atoms with Crippen LogP contribution >= 0.6 is 0 Å². The smallest absolute Gasteiger partial charge is 0.424 e. The summed E-state index contributed by atoms with van der Waals surface area (Å²) in [5, 5.41) is 21.7. The van der Waals surface area contributed by atoms with Gasteiger partial charge in [0.1, 0.15) is 12.1 Å². The molecule has 0 heterocycles. The van der Waals surface area contributed by atoms with E-state index in [1.165, 1.54) is 0 Å².